The van der Waals surface area contributed by atoms with E-state index in [1.165, 1.54) is 0 Å². The number of hydrogen-bond donors (Lipinski definition) is 1. The number of phenolic OH excluding ortho intramolecular Hbond substituents is 1. The summed E-state index contributed by atoms with van der Waals surface area (Å²) in [5.41, 5.74) is 10.4. The van der Waals surface area contributed by atoms with Gasteiger partial charge in [0.1, 0.15) is 17.2 Å². The van der Waals surface area contributed by atoms with E-state index in [9.17, 15) is 5.11 Å². The van der Waals surface area contributed by atoms with E-state index >= 15 is 0 Å². The third kappa shape index (κ3) is 4.92. The van der Waals surface area contributed by atoms with Crippen molar-refractivity contribution in [1.82, 2.24) is 14.5 Å². The van der Waals surface area contributed by atoms with Crippen LogP contribution in [0.4, 0.5) is 0 Å². The maximum Gasteiger partial charge on any atom is 0.148 e. The summed E-state index contributed by atoms with van der Waals surface area (Å²) in [7, 11) is 0. The number of para-hydroxylation sites is 4. The fourth-order valence-electron chi connectivity index (χ4n) is 6.46. The van der Waals surface area contributed by atoms with E-state index in [0.29, 0.717) is 11.4 Å². The number of aromatic hydroxyl groups is 1. The molecule has 232 valence electrons. The number of fused-ring (bicyclic) bond motifs is 4. The van der Waals surface area contributed by atoms with Gasteiger partial charge in [0.15, 0.2) is 0 Å². The molecule has 3 heterocycles. The quantitative estimate of drug-likeness (QED) is 0.176. The number of pyridine rings is 1. The summed E-state index contributed by atoms with van der Waals surface area (Å²) in [5, 5.41) is 13.0. The zero-order chi connectivity index (χ0) is 31.3. The molecule has 3 aromatic heterocycles. The van der Waals surface area contributed by atoms with Crippen LogP contribution in [0.3, 0.4) is 0 Å². The molecule has 0 saturated heterocycles. The molecule has 0 spiro atoms. The third-order valence-corrected chi connectivity index (χ3v) is 8.67. The van der Waals surface area contributed by atoms with Gasteiger partial charge >= 0.3 is 0 Å². The predicted octanol–water partition coefficient (Wildman–Crippen LogP) is 10.5. The van der Waals surface area contributed by atoms with Crippen LogP contribution in [0, 0.1) is 6.07 Å². The summed E-state index contributed by atoms with van der Waals surface area (Å²) in [6.45, 7) is 0. The first-order valence-electron chi connectivity index (χ1n) is 15.5. The Labute approximate surface area is 291 Å². The summed E-state index contributed by atoms with van der Waals surface area (Å²) in [5.74, 6) is 0.810. The largest absolute Gasteiger partial charge is 0.507 e. The summed E-state index contributed by atoms with van der Waals surface area (Å²) in [4.78, 5) is 10.0. The summed E-state index contributed by atoms with van der Waals surface area (Å²) >= 11 is 0. The first-order valence-corrected chi connectivity index (χ1v) is 15.5. The van der Waals surface area contributed by atoms with Gasteiger partial charge in [-0.05, 0) is 59.0 Å². The molecule has 0 radical (unpaired) electrons. The Hall–Kier alpha value is -5.77. The minimum Gasteiger partial charge on any atom is -0.507 e. The minimum absolute atomic E-state index is 0. The van der Waals surface area contributed by atoms with Gasteiger partial charge < -0.3 is 9.52 Å². The molecule has 0 amide bonds. The van der Waals surface area contributed by atoms with Gasteiger partial charge in [-0.2, -0.15) is 0 Å². The summed E-state index contributed by atoms with van der Waals surface area (Å²) in [6, 6.07) is 52.0. The smallest absolute Gasteiger partial charge is 0.148 e. The fourth-order valence-corrected chi connectivity index (χ4v) is 6.46. The number of rotatable bonds is 5. The number of phenols is 1. The van der Waals surface area contributed by atoms with Gasteiger partial charge in [-0.3, -0.25) is 9.55 Å². The van der Waals surface area contributed by atoms with E-state index in [4.69, 9.17) is 14.4 Å². The molecular weight excluding hydrogens is 774 g/mol. The predicted molar refractivity (Wildman–Crippen MR) is 188 cm³/mol. The molecule has 0 atom stereocenters. The van der Waals surface area contributed by atoms with Gasteiger partial charge in [0.2, 0.25) is 0 Å². The van der Waals surface area contributed by atoms with Gasteiger partial charge in [0.25, 0.3) is 0 Å². The van der Waals surface area contributed by atoms with Gasteiger partial charge in [0, 0.05) is 44.0 Å². The molecule has 0 fully saturated rings. The van der Waals surface area contributed by atoms with Gasteiger partial charge in [0.05, 0.1) is 22.2 Å². The molecular formula is C42H26N3O2Pt-. The van der Waals surface area contributed by atoms with Crippen molar-refractivity contribution in [2.45, 2.75) is 0 Å². The Morgan fingerprint density at radius 2 is 1.38 bits per heavy atom. The maximum absolute atomic E-state index is 11.0. The average molecular weight is 800 g/mol. The topological polar surface area (TPSA) is 64.1 Å². The van der Waals surface area contributed by atoms with Crippen LogP contribution in [0.5, 0.6) is 5.75 Å². The first kappa shape index (κ1) is 29.6. The van der Waals surface area contributed by atoms with Gasteiger partial charge in [-0.1, -0.05) is 114 Å². The molecule has 6 aromatic carbocycles. The van der Waals surface area contributed by atoms with Crippen LogP contribution >= 0.6 is 0 Å². The molecule has 0 aliphatic heterocycles. The number of hydrogen-bond acceptors (Lipinski definition) is 4. The van der Waals surface area contributed by atoms with E-state index in [2.05, 4.69) is 53.1 Å². The van der Waals surface area contributed by atoms with Crippen molar-refractivity contribution < 1.29 is 30.6 Å². The summed E-state index contributed by atoms with van der Waals surface area (Å²) in [6.07, 6.45) is 1.85. The zero-order valence-corrected chi connectivity index (χ0v) is 27.7. The molecule has 0 aliphatic carbocycles. The van der Waals surface area contributed by atoms with Crippen molar-refractivity contribution >= 4 is 33.0 Å². The second kappa shape index (κ2) is 12.1. The number of nitrogens with zero attached hydrogens (tertiary/aromatic N) is 3. The van der Waals surface area contributed by atoms with Crippen molar-refractivity contribution in [2.75, 3.05) is 0 Å². The zero-order valence-electron chi connectivity index (χ0n) is 25.4. The summed E-state index contributed by atoms with van der Waals surface area (Å²) < 4.78 is 8.67. The van der Waals surface area contributed by atoms with E-state index < -0.39 is 0 Å². The van der Waals surface area contributed by atoms with Crippen LogP contribution in [0.2, 0.25) is 0 Å². The van der Waals surface area contributed by atoms with E-state index in [-0.39, 0.29) is 26.8 Å². The molecule has 48 heavy (non-hydrogen) atoms. The standard InChI is InChI=1S/C42H26N3O2.Pt/c46-38-20-9-7-17-33(38)42-44-40-32(18-11-19-37(40)45(42)30-14-5-2-6-15-30)35-25-29(24-34-31-16-8-10-21-39(31)47-41(34)35)36-26-28(22-23-43-36)27-12-3-1-4-13-27;/h1-24,26,46H;/q-1;. The van der Waals surface area contributed by atoms with Crippen LogP contribution in [0.25, 0.3) is 83.6 Å². The molecule has 0 aliphatic rings. The molecule has 9 aromatic rings. The Morgan fingerprint density at radius 1 is 0.646 bits per heavy atom. The molecule has 9 rings (SSSR count). The maximum atomic E-state index is 11.0. The molecule has 0 unspecified atom stereocenters. The Balaban J connectivity index is 0.00000336. The molecule has 6 heteroatoms. The number of imidazole rings is 1. The van der Waals surface area contributed by atoms with Crippen LogP contribution in [-0.2, 0) is 21.1 Å². The second-order valence-corrected chi connectivity index (χ2v) is 11.5. The van der Waals surface area contributed by atoms with Crippen LogP contribution in [0.1, 0.15) is 0 Å². The minimum atomic E-state index is 0. The second-order valence-electron chi connectivity index (χ2n) is 11.5. The normalized spacial score (nSPS) is 11.2. The Morgan fingerprint density at radius 3 is 2.21 bits per heavy atom. The van der Waals surface area contributed by atoms with Crippen LogP contribution in [-0.4, -0.2) is 19.6 Å². The van der Waals surface area contributed by atoms with E-state index in [1.54, 1.807) is 6.07 Å². The van der Waals surface area contributed by atoms with Crippen molar-refractivity contribution in [1.29, 1.82) is 0 Å². The molecule has 0 bridgehead atoms. The SMILES string of the molecule is Oc1ccccc1-c1nc2c(-c3[c-]c(-c4cc(-c5ccccc5)ccn4)cc4c3oc3ccccc34)cccc2n1-c1ccccc1.[Pt]. The molecule has 5 nitrogen and oxygen atoms in total. The van der Waals surface area contributed by atoms with Crippen molar-refractivity contribution in [3.63, 3.8) is 0 Å². The van der Waals surface area contributed by atoms with E-state index in [1.807, 2.05) is 103 Å². The van der Waals surface area contributed by atoms with Crippen molar-refractivity contribution in [2.24, 2.45) is 0 Å². The monoisotopic (exact) mass is 799 g/mol. The number of furan rings is 1. The molecule has 1 N–H and O–H groups in total. The van der Waals surface area contributed by atoms with Crippen LogP contribution < -0.4 is 0 Å². The van der Waals surface area contributed by atoms with E-state index in [0.717, 1.165) is 72.2 Å². The van der Waals surface area contributed by atoms with Gasteiger partial charge in [-0.15, -0.1) is 12.1 Å². The number of aromatic nitrogens is 3. The average Bonchev–Trinajstić information content (AvgIpc) is 3.71. The Kier molecular flexibility index (Phi) is 7.47. The van der Waals surface area contributed by atoms with Crippen molar-refractivity contribution in [3.05, 3.63) is 158 Å². The number of benzene rings is 6. The van der Waals surface area contributed by atoms with Crippen LogP contribution in [0.15, 0.2) is 156 Å². The van der Waals surface area contributed by atoms with Crippen molar-refractivity contribution in [3.8, 4) is 56.3 Å². The molecule has 0 saturated carbocycles. The Bertz CT molecular complexity index is 2590. The first-order chi connectivity index (χ1) is 23.2. The fraction of sp³-hybridized carbons (Fsp3) is 0. The third-order valence-electron chi connectivity index (χ3n) is 8.67. The van der Waals surface area contributed by atoms with Gasteiger partial charge in [-0.25, -0.2) is 4.98 Å².